The van der Waals surface area contributed by atoms with Crippen LogP contribution in [0.1, 0.15) is 57.1 Å². The first kappa shape index (κ1) is 16.0. The highest BCUT2D eigenvalue weighted by atomic mass is 35.7. The van der Waals surface area contributed by atoms with Crippen LogP contribution in [0, 0.1) is 0 Å². The molecule has 1 nitrogen and oxygen atoms in total. The van der Waals surface area contributed by atoms with E-state index >= 15 is 0 Å². The van der Waals surface area contributed by atoms with E-state index < -0.39 is 0 Å². The Morgan fingerprint density at radius 3 is 2.45 bits per heavy atom. The van der Waals surface area contributed by atoms with Crippen LogP contribution in [-0.4, -0.2) is 10.2 Å². The van der Waals surface area contributed by atoms with Gasteiger partial charge in [-0.2, -0.15) is 0 Å². The average molecular weight is 310 g/mol. The number of nitrogens with zero attached hydrogens (tertiary/aromatic N) is 1. The maximum Gasteiger partial charge on any atom is 0.0486 e. The molecule has 110 valence electrons. The fraction of sp³-hybridized carbons (Fsp3) is 0.529. The summed E-state index contributed by atoms with van der Waals surface area (Å²) in [7, 11) is 0.322. The fourth-order valence-electron chi connectivity index (χ4n) is 2.54. The van der Waals surface area contributed by atoms with E-state index in [1.807, 2.05) is 0 Å². The molecule has 0 radical (unpaired) electrons. The predicted octanol–water partition coefficient (Wildman–Crippen LogP) is 5.86. The average Bonchev–Trinajstić information content (AvgIpc) is 2.45. The third kappa shape index (κ3) is 4.32. The Hall–Kier alpha value is -0.360. The molecule has 0 aliphatic heterocycles. The van der Waals surface area contributed by atoms with Crippen LogP contribution in [0.3, 0.4) is 0 Å². The van der Waals surface area contributed by atoms with Gasteiger partial charge in [0, 0.05) is 26.1 Å². The summed E-state index contributed by atoms with van der Waals surface area (Å²) in [6, 6.07) is 9.09. The monoisotopic (exact) mass is 309 g/mol. The Morgan fingerprint density at radius 2 is 1.95 bits per heavy atom. The Balaban J connectivity index is 2.04. The summed E-state index contributed by atoms with van der Waals surface area (Å²) in [6.45, 7) is 7.56. The van der Waals surface area contributed by atoms with E-state index in [4.69, 9.17) is 11.2 Å². The molecular formula is C17H25ClNP. The van der Waals surface area contributed by atoms with Crippen molar-refractivity contribution in [2.45, 2.75) is 58.0 Å². The van der Waals surface area contributed by atoms with Crippen molar-refractivity contribution >= 4 is 19.3 Å². The number of benzene rings is 1. The third-order valence-corrected chi connectivity index (χ3v) is 5.56. The molecule has 1 aromatic rings. The molecule has 1 aliphatic carbocycles. The topological polar surface area (TPSA) is 3.24 Å². The van der Waals surface area contributed by atoms with Crippen molar-refractivity contribution in [2.75, 3.05) is 0 Å². The number of halogens is 1. The second-order valence-corrected chi connectivity index (χ2v) is 7.76. The molecule has 2 rings (SSSR count). The van der Waals surface area contributed by atoms with Gasteiger partial charge in [0.25, 0.3) is 0 Å². The highest BCUT2D eigenvalue weighted by molar-refractivity contribution is 7.66. The molecular weight excluding hydrogens is 285 g/mol. The summed E-state index contributed by atoms with van der Waals surface area (Å²) >= 11 is 6.10. The standard InChI is InChI=1S/C17H25ClNP/c1-17(2,3)19(20-18)13-14-9-11-16(12-10-14)15-7-5-4-6-8-15/h5,7,9-12,15,20H,4,6,8,13H2,1-3H3. The number of rotatable bonds is 4. The van der Waals surface area contributed by atoms with Gasteiger partial charge in [-0.15, -0.1) is 0 Å². The van der Waals surface area contributed by atoms with E-state index in [2.05, 4.69) is 61.9 Å². The van der Waals surface area contributed by atoms with Crippen molar-refractivity contribution in [3.63, 3.8) is 0 Å². The van der Waals surface area contributed by atoms with Crippen molar-refractivity contribution in [3.05, 3.63) is 47.5 Å². The van der Waals surface area contributed by atoms with Crippen molar-refractivity contribution in [2.24, 2.45) is 0 Å². The maximum atomic E-state index is 6.10. The van der Waals surface area contributed by atoms with Crippen LogP contribution >= 0.6 is 19.3 Å². The molecule has 0 spiro atoms. The lowest BCUT2D eigenvalue weighted by Crippen LogP contribution is -2.33. The molecule has 20 heavy (non-hydrogen) atoms. The highest BCUT2D eigenvalue weighted by Crippen LogP contribution is 2.34. The molecule has 2 unspecified atom stereocenters. The molecule has 3 heteroatoms. The smallest absolute Gasteiger partial charge is 0.0486 e. The lowest BCUT2D eigenvalue weighted by Gasteiger charge is -2.33. The van der Waals surface area contributed by atoms with Gasteiger partial charge in [0.1, 0.15) is 0 Å². The van der Waals surface area contributed by atoms with Crippen LogP contribution < -0.4 is 0 Å². The zero-order valence-corrected chi connectivity index (χ0v) is 14.5. The molecule has 1 aliphatic rings. The molecule has 0 bridgehead atoms. The third-order valence-electron chi connectivity index (χ3n) is 3.91. The van der Waals surface area contributed by atoms with Crippen LogP contribution in [0.15, 0.2) is 36.4 Å². The lowest BCUT2D eigenvalue weighted by molar-refractivity contribution is 0.264. The second-order valence-electron chi connectivity index (χ2n) is 6.55. The molecule has 0 heterocycles. The molecule has 0 saturated heterocycles. The molecule has 0 amide bonds. The Kier molecular flexibility index (Phi) is 5.66. The second kappa shape index (κ2) is 7.07. The summed E-state index contributed by atoms with van der Waals surface area (Å²) in [4.78, 5) is 0. The minimum Gasteiger partial charge on any atom is -0.262 e. The van der Waals surface area contributed by atoms with E-state index in [1.165, 1.54) is 30.4 Å². The zero-order valence-electron chi connectivity index (χ0n) is 12.7. The van der Waals surface area contributed by atoms with Crippen molar-refractivity contribution < 1.29 is 0 Å². The van der Waals surface area contributed by atoms with Gasteiger partial charge >= 0.3 is 0 Å². The van der Waals surface area contributed by atoms with Crippen molar-refractivity contribution in [3.8, 4) is 0 Å². The van der Waals surface area contributed by atoms with E-state index in [0.717, 1.165) is 6.54 Å². The first-order valence-electron chi connectivity index (χ1n) is 7.40. The number of hydrogen-bond acceptors (Lipinski definition) is 1. The Labute approximate surface area is 130 Å². The lowest BCUT2D eigenvalue weighted by atomic mass is 9.89. The molecule has 0 aromatic heterocycles. The van der Waals surface area contributed by atoms with E-state index in [9.17, 15) is 0 Å². The first-order chi connectivity index (χ1) is 9.50. The maximum absolute atomic E-state index is 6.10. The van der Waals surface area contributed by atoms with E-state index in [-0.39, 0.29) is 5.54 Å². The summed E-state index contributed by atoms with van der Waals surface area (Å²) in [5.41, 5.74) is 2.90. The molecule has 0 saturated carbocycles. The minimum atomic E-state index is 0.116. The summed E-state index contributed by atoms with van der Waals surface area (Å²) in [6.07, 6.45) is 8.52. The highest BCUT2D eigenvalue weighted by Gasteiger charge is 2.20. The van der Waals surface area contributed by atoms with E-state index in [0.29, 0.717) is 14.0 Å². The van der Waals surface area contributed by atoms with Crippen LogP contribution in [0.5, 0.6) is 0 Å². The van der Waals surface area contributed by atoms with Gasteiger partial charge in [0.15, 0.2) is 0 Å². The largest absolute Gasteiger partial charge is 0.262 e. The van der Waals surface area contributed by atoms with Gasteiger partial charge in [-0.1, -0.05) is 47.7 Å². The van der Waals surface area contributed by atoms with E-state index in [1.54, 1.807) is 0 Å². The summed E-state index contributed by atoms with van der Waals surface area (Å²) in [5, 5.41) is 0. The normalized spacial score (nSPS) is 20.1. The van der Waals surface area contributed by atoms with Crippen LogP contribution in [0.25, 0.3) is 0 Å². The Morgan fingerprint density at radius 1 is 1.25 bits per heavy atom. The number of allylic oxidation sites excluding steroid dienone is 2. The van der Waals surface area contributed by atoms with Crippen molar-refractivity contribution in [1.82, 2.24) is 4.67 Å². The van der Waals surface area contributed by atoms with Gasteiger partial charge in [0.2, 0.25) is 0 Å². The van der Waals surface area contributed by atoms with Crippen LogP contribution in [-0.2, 0) is 6.54 Å². The van der Waals surface area contributed by atoms with Crippen molar-refractivity contribution in [1.29, 1.82) is 0 Å². The molecule has 2 atom stereocenters. The van der Waals surface area contributed by atoms with Gasteiger partial charge in [0.05, 0.1) is 0 Å². The van der Waals surface area contributed by atoms with Crippen LogP contribution in [0.4, 0.5) is 0 Å². The quantitative estimate of drug-likeness (QED) is 0.497. The van der Waals surface area contributed by atoms with Gasteiger partial charge in [-0.3, -0.25) is 4.67 Å². The summed E-state index contributed by atoms with van der Waals surface area (Å²) < 4.78 is 2.31. The van der Waals surface area contributed by atoms with Gasteiger partial charge in [-0.25, -0.2) is 0 Å². The predicted molar refractivity (Wildman–Crippen MR) is 91.6 cm³/mol. The van der Waals surface area contributed by atoms with Crippen LogP contribution in [0.2, 0.25) is 0 Å². The summed E-state index contributed by atoms with van der Waals surface area (Å²) in [5.74, 6) is 0.617. The first-order valence-corrected chi connectivity index (χ1v) is 9.36. The fourth-order valence-corrected chi connectivity index (χ4v) is 3.97. The molecule has 1 aromatic carbocycles. The van der Waals surface area contributed by atoms with Gasteiger partial charge in [-0.05, 0) is 51.2 Å². The van der Waals surface area contributed by atoms with Gasteiger partial charge < -0.3 is 0 Å². The molecule has 0 fully saturated rings. The molecule has 0 N–H and O–H groups in total. The zero-order chi connectivity index (χ0) is 14.6. The SMILES string of the molecule is CC(C)(C)N(Cc1ccc(C2C=CCCC2)cc1)PCl. The number of hydrogen-bond donors (Lipinski definition) is 0. The minimum absolute atomic E-state index is 0.116. The Bertz CT molecular complexity index is 447.